The van der Waals surface area contributed by atoms with Gasteiger partial charge in [0.15, 0.2) is 5.92 Å². The van der Waals surface area contributed by atoms with E-state index in [1.54, 1.807) is 13.8 Å². The average molecular weight is 191 g/mol. The van der Waals surface area contributed by atoms with Crippen molar-refractivity contribution in [3.05, 3.63) is 0 Å². The van der Waals surface area contributed by atoms with Crippen LogP contribution in [-0.4, -0.2) is 25.2 Å². The molecule has 0 aliphatic heterocycles. The summed E-state index contributed by atoms with van der Waals surface area (Å²) in [6, 6.07) is 0. The van der Waals surface area contributed by atoms with Crippen molar-refractivity contribution in [2.24, 2.45) is 5.92 Å². The van der Waals surface area contributed by atoms with Crippen LogP contribution in [0.4, 0.5) is 0 Å². The summed E-state index contributed by atoms with van der Waals surface area (Å²) in [4.78, 5) is 21.9. The van der Waals surface area contributed by atoms with Crippen molar-refractivity contribution in [3.63, 3.8) is 0 Å². The summed E-state index contributed by atoms with van der Waals surface area (Å²) in [5.74, 6) is -1.88. The third-order valence-corrected chi connectivity index (χ3v) is 1.28. The number of esters is 2. The maximum absolute atomic E-state index is 10.9. The molecular weight excluding hydrogens is 174 g/mol. The molecule has 0 saturated heterocycles. The fourth-order valence-electron chi connectivity index (χ4n) is 0.631. The fourth-order valence-corrected chi connectivity index (χ4v) is 0.631. The number of hydrogen-bond donors (Lipinski definition) is 1. The van der Waals surface area contributed by atoms with Crippen molar-refractivity contribution in [2.75, 3.05) is 13.2 Å². The molecule has 0 atom stereocenters. The maximum Gasteiger partial charge on any atom is 0.320 e. The number of hydrogen-bond acceptors (Lipinski definition) is 5. The maximum atomic E-state index is 10.9. The van der Waals surface area contributed by atoms with Crippen LogP contribution in [0, 0.1) is 5.92 Å². The second-order valence-electron chi connectivity index (χ2n) is 2.23. The Morgan fingerprint density at radius 1 is 1.08 bits per heavy atom. The Balaban J connectivity index is 0. The molecule has 3 N–H and O–H groups in total. The molecule has 13 heavy (non-hydrogen) atoms. The van der Waals surface area contributed by atoms with Crippen LogP contribution in [-0.2, 0) is 19.1 Å². The van der Waals surface area contributed by atoms with Crippen molar-refractivity contribution >= 4 is 11.9 Å². The van der Waals surface area contributed by atoms with Gasteiger partial charge in [-0.15, -0.1) is 0 Å². The largest absolute Gasteiger partial charge is 0.465 e. The summed E-state index contributed by atoms with van der Waals surface area (Å²) in [7, 11) is 0. The SMILES string of the molecule is CCOC(=O)C(C)C(=O)OCC.N. The summed E-state index contributed by atoms with van der Waals surface area (Å²) in [5, 5.41) is 0. The van der Waals surface area contributed by atoms with E-state index in [0.29, 0.717) is 0 Å². The van der Waals surface area contributed by atoms with Crippen molar-refractivity contribution in [1.82, 2.24) is 6.15 Å². The van der Waals surface area contributed by atoms with Gasteiger partial charge in [-0.3, -0.25) is 9.59 Å². The van der Waals surface area contributed by atoms with E-state index < -0.39 is 17.9 Å². The lowest BCUT2D eigenvalue weighted by Crippen LogP contribution is -2.25. The highest BCUT2D eigenvalue weighted by Crippen LogP contribution is 2.01. The van der Waals surface area contributed by atoms with Gasteiger partial charge in [-0.2, -0.15) is 0 Å². The Morgan fingerprint density at radius 3 is 1.62 bits per heavy atom. The van der Waals surface area contributed by atoms with E-state index in [4.69, 9.17) is 0 Å². The van der Waals surface area contributed by atoms with E-state index >= 15 is 0 Å². The molecule has 0 bridgehead atoms. The number of carbonyl (C=O) groups excluding carboxylic acids is 2. The quantitative estimate of drug-likeness (QED) is 0.527. The van der Waals surface area contributed by atoms with Gasteiger partial charge in [-0.1, -0.05) is 0 Å². The number of ether oxygens (including phenoxy) is 2. The molecule has 5 heteroatoms. The van der Waals surface area contributed by atoms with Crippen molar-refractivity contribution < 1.29 is 19.1 Å². The highest BCUT2D eigenvalue weighted by Gasteiger charge is 2.23. The van der Waals surface area contributed by atoms with Gasteiger partial charge < -0.3 is 15.6 Å². The Morgan fingerprint density at radius 2 is 1.38 bits per heavy atom. The van der Waals surface area contributed by atoms with Gasteiger partial charge in [0, 0.05) is 0 Å². The number of rotatable bonds is 4. The first kappa shape index (κ1) is 14.4. The topological polar surface area (TPSA) is 87.6 Å². The molecule has 0 aliphatic carbocycles. The molecule has 0 aromatic heterocycles. The lowest BCUT2D eigenvalue weighted by atomic mass is 10.2. The van der Waals surface area contributed by atoms with E-state index in [9.17, 15) is 9.59 Å². The average Bonchev–Trinajstić information content (AvgIpc) is 2.04. The van der Waals surface area contributed by atoms with Crippen LogP contribution in [0.15, 0.2) is 0 Å². The zero-order chi connectivity index (χ0) is 9.56. The van der Waals surface area contributed by atoms with Gasteiger partial charge in [-0.25, -0.2) is 0 Å². The predicted octanol–water partition coefficient (Wildman–Crippen LogP) is 0.911. The van der Waals surface area contributed by atoms with Gasteiger partial charge in [-0.05, 0) is 20.8 Å². The van der Waals surface area contributed by atoms with Crippen molar-refractivity contribution in [1.29, 1.82) is 0 Å². The second-order valence-corrected chi connectivity index (χ2v) is 2.23. The predicted molar refractivity (Wildman–Crippen MR) is 47.5 cm³/mol. The lowest BCUT2D eigenvalue weighted by Gasteiger charge is -2.08. The van der Waals surface area contributed by atoms with Gasteiger partial charge in [0.1, 0.15) is 0 Å². The van der Waals surface area contributed by atoms with E-state index in [1.807, 2.05) is 0 Å². The normalized spacial score (nSPS) is 8.92. The molecule has 78 valence electrons. The third kappa shape index (κ3) is 5.19. The zero-order valence-electron chi connectivity index (χ0n) is 8.33. The first-order valence-electron chi connectivity index (χ1n) is 3.96. The summed E-state index contributed by atoms with van der Waals surface area (Å²) < 4.78 is 9.26. The molecule has 0 radical (unpaired) electrons. The fraction of sp³-hybridized carbons (Fsp3) is 0.750. The van der Waals surface area contributed by atoms with Crippen LogP contribution in [0.5, 0.6) is 0 Å². The summed E-state index contributed by atoms with van der Waals surface area (Å²) >= 11 is 0. The molecule has 0 aliphatic rings. The molecule has 5 nitrogen and oxygen atoms in total. The van der Waals surface area contributed by atoms with E-state index in [-0.39, 0.29) is 19.4 Å². The summed E-state index contributed by atoms with van der Waals surface area (Å²) in [6.07, 6.45) is 0. The molecule has 0 saturated carbocycles. The van der Waals surface area contributed by atoms with Gasteiger partial charge >= 0.3 is 11.9 Å². The Bertz CT molecular complexity index is 152. The minimum absolute atomic E-state index is 0. The zero-order valence-corrected chi connectivity index (χ0v) is 8.33. The van der Waals surface area contributed by atoms with Gasteiger partial charge in [0.2, 0.25) is 0 Å². The second kappa shape index (κ2) is 7.54. The molecule has 0 amide bonds. The standard InChI is InChI=1S/C8H14O4.H3N/c1-4-11-7(9)6(3)8(10)12-5-2;/h6H,4-5H2,1-3H3;1H3. The van der Waals surface area contributed by atoms with Crippen LogP contribution in [0.1, 0.15) is 20.8 Å². The van der Waals surface area contributed by atoms with Crippen molar-refractivity contribution in [3.8, 4) is 0 Å². The Kier molecular flexibility index (Phi) is 8.37. The highest BCUT2D eigenvalue weighted by molar-refractivity contribution is 5.94. The van der Waals surface area contributed by atoms with Gasteiger partial charge in [0.05, 0.1) is 13.2 Å². The lowest BCUT2D eigenvalue weighted by molar-refractivity contribution is -0.160. The summed E-state index contributed by atoms with van der Waals surface area (Å²) in [6.45, 7) is 5.41. The van der Waals surface area contributed by atoms with Crippen molar-refractivity contribution in [2.45, 2.75) is 20.8 Å². The molecule has 0 unspecified atom stereocenters. The molecule has 0 spiro atoms. The van der Waals surface area contributed by atoms with E-state index in [1.165, 1.54) is 6.92 Å². The van der Waals surface area contributed by atoms with E-state index in [0.717, 1.165) is 0 Å². The smallest absolute Gasteiger partial charge is 0.320 e. The molecule has 0 rings (SSSR count). The van der Waals surface area contributed by atoms with Crippen LogP contribution in [0.3, 0.4) is 0 Å². The molecule has 0 fully saturated rings. The first-order chi connectivity index (χ1) is 5.63. The molecule has 0 aromatic carbocycles. The molecule has 0 heterocycles. The van der Waals surface area contributed by atoms with E-state index in [2.05, 4.69) is 9.47 Å². The van der Waals surface area contributed by atoms with Crippen LogP contribution < -0.4 is 6.15 Å². The Labute approximate surface area is 78.0 Å². The summed E-state index contributed by atoms with van der Waals surface area (Å²) in [5.41, 5.74) is 0. The van der Waals surface area contributed by atoms with Crippen LogP contribution >= 0.6 is 0 Å². The minimum Gasteiger partial charge on any atom is -0.465 e. The minimum atomic E-state index is -0.815. The molecular formula is C8H17NO4. The molecule has 0 aromatic rings. The monoisotopic (exact) mass is 191 g/mol. The number of carbonyl (C=O) groups is 2. The third-order valence-electron chi connectivity index (χ3n) is 1.28. The Hall–Kier alpha value is -1.10. The van der Waals surface area contributed by atoms with Crippen LogP contribution in [0.2, 0.25) is 0 Å². The highest BCUT2D eigenvalue weighted by atomic mass is 16.6. The van der Waals surface area contributed by atoms with Gasteiger partial charge in [0.25, 0.3) is 0 Å². The first-order valence-corrected chi connectivity index (χ1v) is 3.96. The van der Waals surface area contributed by atoms with Crippen LogP contribution in [0.25, 0.3) is 0 Å².